The summed E-state index contributed by atoms with van der Waals surface area (Å²) in [6.45, 7) is 6.35. The molecule has 0 atom stereocenters. The highest BCUT2D eigenvalue weighted by atomic mass is 32.1. The van der Waals surface area contributed by atoms with E-state index >= 15 is 0 Å². The van der Waals surface area contributed by atoms with Gasteiger partial charge in [0.15, 0.2) is 0 Å². The van der Waals surface area contributed by atoms with Crippen LogP contribution in [0, 0.1) is 4.84 Å². The van der Waals surface area contributed by atoms with Crippen LogP contribution in [-0.2, 0) is 11.5 Å². The molecule has 1 N–H and O–H groups in total. The topological polar surface area (TPSA) is 81.8 Å². The van der Waals surface area contributed by atoms with Crippen LogP contribution in [0.4, 0.5) is 0 Å². The predicted molar refractivity (Wildman–Crippen MR) is 104 cm³/mol. The summed E-state index contributed by atoms with van der Waals surface area (Å²) >= 11 is 5.26. The van der Waals surface area contributed by atoms with Gasteiger partial charge in [-0.3, -0.25) is 9.69 Å². The molecular formula is C18H26N4O4S. The van der Waals surface area contributed by atoms with E-state index in [1.54, 1.807) is 37.3 Å². The number of nitrogens with zero attached hydrogens (tertiary/aromatic N) is 3. The van der Waals surface area contributed by atoms with E-state index < -0.39 is 0 Å². The van der Waals surface area contributed by atoms with E-state index in [9.17, 15) is 4.79 Å². The zero-order valence-electron chi connectivity index (χ0n) is 16.5. The number of carbonyl (C=O) groups excluding carboxylic acids is 1. The Hall–Kier alpha value is -2.39. The minimum Gasteiger partial charge on any atom is -0.497 e. The first kappa shape index (κ1) is 20.9. The highest BCUT2D eigenvalue weighted by Gasteiger charge is 2.17. The minimum atomic E-state index is -0.277. The summed E-state index contributed by atoms with van der Waals surface area (Å²) in [6.07, 6.45) is 0. The second-order valence-electron chi connectivity index (χ2n) is 7.23. The molecule has 0 aliphatic rings. The van der Waals surface area contributed by atoms with Crippen LogP contribution in [0.3, 0.4) is 0 Å². The first-order chi connectivity index (χ1) is 12.6. The maximum atomic E-state index is 12.1. The van der Waals surface area contributed by atoms with Crippen LogP contribution >= 0.6 is 12.2 Å². The summed E-state index contributed by atoms with van der Waals surface area (Å²) in [4.78, 5) is 14.1. The minimum absolute atomic E-state index is 0.0715. The van der Waals surface area contributed by atoms with Crippen molar-refractivity contribution < 1.29 is 18.7 Å². The van der Waals surface area contributed by atoms with Crippen molar-refractivity contribution in [1.29, 1.82) is 0 Å². The van der Waals surface area contributed by atoms with Gasteiger partial charge in [-0.15, -0.1) is 5.10 Å². The molecule has 0 aliphatic heterocycles. The summed E-state index contributed by atoms with van der Waals surface area (Å²) in [5.41, 5.74) is 0.407. The number of aromatic nitrogens is 2. The Morgan fingerprint density at radius 1 is 1.26 bits per heavy atom. The van der Waals surface area contributed by atoms with Crippen LogP contribution in [0.2, 0.25) is 0 Å². The number of methoxy groups -OCH3 is 2. The lowest BCUT2D eigenvalue weighted by atomic mass is 10.1. The molecule has 1 amide bonds. The standard InChI is InChI=1S/C18H26N4O4S/c1-18(2,3)19-15(23)10-21(4)11-22-17(27)26-16(20-22)12-7-13(24-5)9-14(8-12)25-6/h7-9H,10-11H2,1-6H3,(H,19,23). The number of carbonyl (C=O) groups is 1. The van der Waals surface area contributed by atoms with Crippen LogP contribution in [0.25, 0.3) is 11.5 Å². The third kappa shape index (κ3) is 6.07. The van der Waals surface area contributed by atoms with E-state index in [0.29, 0.717) is 29.6 Å². The van der Waals surface area contributed by atoms with Gasteiger partial charge in [-0.1, -0.05) is 0 Å². The van der Waals surface area contributed by atoms with Gasteiger partial charge in [0.05, 0.1) is 27.4 Å². The molecule has 1 aromatic carbocycles. The molecule has 0 saturated heterocycles. The molecule has 1 aromatic heterocycles. The molecule has 27 heavy (non-hydrogen) atoms. The average molecular weight is 394 g/mol. The zero-order chi connectivity index (χ0) is 20.2. The predicted octanol–water partition coefficient (Wildman–Crippen LogP) is 2.69. The number of rotatable bonds is 7. The molecule has 0 saturated carbocycles. The molecule has 0 aliphatic carbocycles. The molecule has 2 rings (SSSR count). The molecule has 0 unspecified atom stereocenters. The van der Waals surface area contributed by atoms with Gasteiger partial charge in [-0.25, -0.2) is 4.68 Å². The van der Waals surface area contributed by atoms with Crippen molar-refractivity contribution in [3.8, 4) is 23.0 Å². The molecule has 0 fully saturated rings. The van der Waals surface area contributed by atoms with Crippen molar-refractivity contribution in [2.24, 2.45) is 0 Å². The maximum Gasteiger partial charge on any atom is 0.288 e. The van der Waals surface area contributed by atoms with E-state index in [0.717, 1.165) is 0 Å². The molecule has 2 aromatic rings. The van der Waals surface area contributed by atoms with Crippen LogP contribution in [0.5, 0.6) is 11.5 Å². The Bertz CT molecular complexity index is 832. The fraction of sp³-hybridized carbons (Fsp3) is 0.500. The van der Waals surface area contributed by atoms with Gasteiger partial charge in [0.1, 0.15) is 11.5 Å². The van der Waals surface area contributed by atoms with E-state index in [1.807, 2.05) is 27.8 Å². The van der Waals surface area contributed by atoms with Crippen LogP contribution in [0.15, 0.2) is 22.6 Å². The van der Waals surface area contributed by atoms with Crippen molar-refractivity contribution in [2.45, 2.75) is 33.0 Å². The Morgan fingerprint density at radius 3 is 2.37 bits per heavy atom. The summed E-state index contributed by atoms with van der Waals surface area (Å²) in [6, 6.07) is 5.33. The van der Waals surface area contributed by atoms with Crippen molar-refractivity contribution in [3.63, 3.8) is 0 Å². The van der Waals surface area contributed by atoms with Crippen molar-refractivity contribution in [3.05, 3.63) is 23.0 Å². The number of amides is 1. The quantitative estimate of drug-likeness (QED) is 0.723. The number of benzene rings is 1. The Morgan fingerprint density at radius 2 is 1.85 bits per heavy atom. The lowest BCUT2D eigenvalue weighted by Gasteiger charge is -2.23. The van der Waals surface area contributed by atoms with Crippen molar-refractivity contribution in [1.82, 2.24) is 20.0 Å². The highest BCUT2D eigenvalue weighted by molar-refractivity contribution is 7.71. The van der Waals surface area contributed by atoms with E-state index in [2.05, 4.69) is 10.4 Å². The van der Waals surface area contributed by atoms with Crippen LogP contribution < -0.4 is 14.8 Å². The van der Waals surface area contributed by atoms with Gasteiger partial charge in [0, 0.05) is 17.2 Å². The van der Waals surface area contributed by atoms with Gasteiger partial charge in [0.2, 0.25) is 11.8 Å². The zero-order valence-corrected chi connectivity index (χ0v) is 17.3. The highest BCUT2D eigenvalue weighted by Crippen LogP contribution is 2.29. The maximum absolute atomic E-state index is 12.1. The first-order valence-corrected chi connectivity index (χ1v) is 8.83. The number of nitrogens with one attached hydrogen (secondary N) is 1. The van der Waals surface area contributed by atoms with E-state index in [-0.39, 0.29) is 22.8 Å². The number of hydrogen-bond donors (Lipinski definition) is 1. The summed E-state index contributed by atoms with van der Waals surface area (Å²) in [5, 5.41) is 7.33. The average Bonchev–Trinajstić information content (AvgIpc) is 2.93. The third-order valence-electron chi connectivity index (χ3n) is 3.51. The number of hydrogen-bond acceptors (Lipinski definition) is 7. The van der Waals surface area contributed by atoms with Crippen LogP contribution in [-0.4, -0.2) is 53.9 Å². The van der Waals surface area contributed by atoms with Gasteiger partial charge in [-0.2, -0.15) is 0 Å². The second-order valence-corrected chi connectivity index (χ2v) is 7.58. The fourth-order valence-electron chi connectivity index (χ4n) is 2.42. The molecule has 9 heteroatoms. The summed E-state index contributed by atoms with van der Waals surface area (Å²) in [5.74, 6) is 1.52. The number of ether oxygens (including phenoxy) is 2. The van der Waals surface area contributed by atoms with Gasteiger partial charge in [0.25, 0.3) is 4.84 Å². The number of likely N-dealkylation sites (N-methyl/N-ethyl adjacent to an activating group) is 1. The normalized spacial score (nSPS) is 11.5. The third-order valence-corrected chi connectivity index (χ3v) is 3.80. The Kier molecular flexibility index (Phi) is 6.61. The first-order valence-electron chi connectivity index (χ1n) is 8.42. The Balaban J connectivity index is 2.15. The molecule has 8 nitrogen and oxygen atoms in total. The second kappa shape index (κ2) is 8.53. The molecule has 1 heterocycles. The summed E-state index contributed by atoms with van der Waals surface area (Å²) in [7, 11) is 4.96. The van der Waals surface area contributed by atoms with Crippen molar-refractivity contribution >= 4 is 18.1 Å². The van der Waals surface area contributed by atoms with E-state index in [1.165, 1.54) is 4.68 Å². The Labute approximate surface area is 164 Å². The van der Waals surface area contributed by atoms with Gasteiger partial charge in [-0.05, 0) is 52.2 Å². The molecular weight excluding hydrogens is 368 g/mol. The van der Waals surface area contributed by atoms with Crippen molar-refractivity contribution in [2.75, 3.05) is 27.8 Å². The largest absolute Gasteiger partial charge is 0.497 e. The van der Waals surface area contributed by atoms with Crippen LogP contribution in [0.1, 0.15) is 20.8 Å². The van der Waals surface area contributed by atoms with Gasteiger partial charge < -0.3 is 19.2 Å². The van der Waals surface area contributed by atoms with Gasteiger partial charge >= 0.3 is 0 Å². The lowest BCUT2D eigenvalue weighted by Crippen LogP contribution is -2.45. The van der Waals surface area contributed by atoms with E-state index in [4.69, 9.17) is 26.1 Å². The molecule has 0 radical (unpaired) electrons. The lowest BCUT2D eigenvalue weighted by molar-refractivity contribution is -0.123. The molecule has 0 spiro atoms. The smallest absolute Gasteiger partial charge is 0.288 e. The monoisotopic (exact) mass is 394 g/mol. The fourth-order valence-corrected chi connectivity index (χ4v) is 2.60. The molecule has 148 valence electrons. The SMILES string of the molecule is COc1cc(OC)cc(-c2nn(CN(C)CC(=O)NC(C)(C)C)c(=S)o2)c1. The molecule has 0 bridgehead atoms. The summed E-state index contributed by atoms with van der Waals surface area (Å²) < 4.78 is 17.7.